The molecule has 0 radical (unpaired) electrons. The molecule has 0 bridgehead atoms. The first-order valence-corrected chi connectivity index (χ1v) is 12.8. The maximum Gasteiger partial charge on any atom is 0.419 e. The van der Waals surface area contributed by atoms with Crippen molar-refractivity contribution in [1.82, 2.24) is 25.0 Å². The number of aryl methyl sites for hydroxylation is 2. The SMILES string of the molecule is Cc1nn(C)c2ncc(C(=O)NC(=O)Nc3ccc(F)c(C(F)(F)F)c3)c(N3CCN(Cc4ccccc4)CC3)c12.Cl. The minimum atomic E-state index is -4.95. The van der Waals surface area contributed by atoms with Crippen molar-refractivity contribution in [2.75, 3.05) is 36.4 Å². The molecule has 42 heavy (non-hydrogen) atoms. The standard InChI is InChI=1S/C28H27F4N7O2.ClH/c1-17-23-24(39-12-10-38(11-13-39)16-18-6-4-3-5-7-18)20(15-33-25(23)37(2)36-17)26(40)35-27(41)34-19-8-9-22(29)21(14-19)28(30,31)32;/h3-9,14-15H,10-13,16H2,1-2H3,(H2,34,35,40,41);1H. The highest BCUT2D eigenvalue weighted by atomic mass is 35.5. The highest BCUT2D eigenvalue weighted by Gasteiger charge is 2.34. The van der Waals surface area contributed by atoms with Gasteiger partial charge in [0.05, 0.1) is 27.9 Å². The summed E-state index contributed by atoms with van der Waals surface area (Å²) in [7, 11) is 1.75. The maximum absolute atomic E-state index is 13.6. The third-order valence-electron chi connectivity index (χ3n) is 6.94. The molecule has 2 aromatic carbocycles. The number of hydrogen-bond donors (Lipinski definition) is 2. The average molecular weight is 606 g/mol. The van der Waals surface area contributed by atoms with Crippen LogP contribution in [0.5, 0.6) is 0 Å². The average Bonchev–Trinajstić information content (AvgIpc) is 3.22. The summed E-state index contributed by atoms with van der Waals surface area (Å²) in [6.07, 6.45) is -3.59. The van der Waals surface area contributed by atoms with E-state index in [0.29, 0.717) is 47.6 Å². The van der Waals surface area contributed by atoms with Crippen molar-refractivity contribution < 1.29 is 27.2 Å². The summed E-state index contributed by atoms with van der Waals surface area (Å²) in [6, 6.07) is 11.1. The van der Waals surface area contributed by atoms with Crippen LogP contribution >= 0.6 is 12.4 Å². The first-order valence-electron chi connectivity index (χ1n) is 12.8. The molecule has 0 unspecified atom stereocenters. The van der Waals surface area contributed by atoms with E-state index in [4.69, 9.17) is 0 Å². The number of aromatic nitrogens is 3. The van der Waals surface area contributed by atoms with E-state index in [-0.39, 0.29) is 23.7 Å². The predicted octanol–water partition coefficient (Wildman–Crippen LogP) is 5.14. The molecule has 2 aromatic heterocycles. The first-order chi connectivity index (χ1) is 19.5. The van der Waals surface area contributed by atoms with Crippen molar-refractivity contribution in [3.05, 3.63) is 82.9 Å². The van der Waals surface area contributed by atoms with Gasteiger partial charge in [0.2, 0.25) is 0 Å². The number of nitrogens with zero attached hydrogens (tertiary/aromatic N) is 5. The lowest BCUT2D eigenvalue weighted by molar-refractivity contribution is -0.139. The lowest BCUT2D eigenvalue weighted by atomic mass is 10.1. The van der Waals surface area contributed by atoms with Gasteiger partial charge in [0.25, 0.3) is 5.91 Å². The van der Waals surface area contributed by atoms with Gasteiger partial charge in [0.1, 0.15) is 5.82 Å². The number of imide groups is 1. The fourth-order valence-corrected chi connectivity index (χ4v) is 5.01. The molecule has 3 amide bonds. The molecule has 1 fully saturated rings. The Morgan fingerprint density at radius 2 is 1.71 bits per heavy atom. The maximum atomic E-state index is 13.6. The first kappa shape index (κ1) is 30.7. The summed E-state index contributed by atoms with van der Waals surface area (Å²) in [4.78, 5) is 34.7. The second kappa shape index (κ2) is 12.3. The van der Waals surface area contributed by atoms with Crippen LogP contribution in [0.1, 0.15) is 27.2 Å². The Kier molecular flexibility index (Phi) is 9.02. The van der Waals surface area contributed by atoms with E-state index in [9.17, 15) is 27.2 Å². The molecule has 14 heteroatoms. The molecule has 0 aliphatic carbocycles. The molecule has 1 aliphatic rings. The molecule has 0 saturated carbocycles. The Morgan fingerprint density at radius 1 is 1.02 bits per heavy atom. The van der Waals surface area contributed by atoms with E-state index < -0.39 is 29.5 Å². The van der Waals surface area contributed by atoms with E-state index in [0.717, 1.165) is 25.7 Å². The van der Waals surface area contributed by atoms with Crippen LogP contribution in [0.15, 0.2) is 54.7 Å². The van der Waals surface area contributed by atoms with Crippen molar-refractivity contribution in [3.8, 4) is 0 Å². The van der Waals surface area contributed by atoms with Crippen molar-refractivity contribution in [3.63, 3.8) is 0 Å². The number of carbonyl (C=O) groups excluding carboxylic acids is 2. The topological polar surface area (TPSA) is 95.4 Å². The quantitative estimate of drug-likeness (QED) is 0.306. The van der Waals surface area contributed by atoms with Gasteiger partial charge >= 0.3 is 12.2 Å². The number of benzene rings is 2. The minimum Gasteiger partial charge on any atom is -0.368 e. The van der Waals surface area contributed by atoms with E-state index in [1.165, 1.54) is 11.8 Å². The molecular weight excluding hydrogens is 578 g/mol. The van der Waals surface area contributed by atoms with Crippen LogP contribution in [0.2, 0.25) is 0 Å². The van der Waals surface area contributed by atoms with Crippen molar-refractivity contribution >= 4 is 46.8 Å². The van der Waals surface area contributed by atoms with Crippen LogP contribution < -0.4 is 15.5 Å². The van der Waals surface area contributed by atoms with Gasteiger partial charge in [0.15, 0.2) is 5.65 Å². The number of halogens is 5. The number of piperazine rings is 1. The Balaban J connectivity index is 0.00000405. The number of fused-ring (bicyclic) bond motifs is 1. The molecular formula is C28H28ClF4N7O2. The number of carbonyl (C=O) groups is 2. The molecule has 0 atom stereocenters. The molecule has 5 rings (SSSR count). The Morgan fingerprint density at radius 3 is 2.38 bits per heavy atom. The largest absolute Gasteiger partial charge is 0.419 e. The summed E-state index contributed by atoms with van der Waals surface area (Å²) < 4.78 is 54.5. The monoisotopic (exact) mass is 605 g/mol. The summed E-state index contributed by atoms with van der Waals surface area (Å²) in [5.74, 6) is -2.26. The second-order valence-electron chi connectivity index (χ2n) is 9.78. The fourth-order valence-electron chi connectivity index (χ4n) is 5.01. The number of pyridine rings is 1. The molecule has 9 nitrogen and oxygen atoms in total. The molecule has 1 aliphatic heterocycles. The van der Waals surface area contributed by atoms with Crippen LogP contribution in [-0.2, 0) is 19.8 Å². The zero-order chi connectivity index (χ0) is 29.3. The van der Waals surface area contributed by atoms with Gasteiger partial charge < -0.3 is 10.2 Å². The summed E-state index contributed by atoms with van der Waals surface area (Å²) in [6.45, 7) is 5.25. The number of alkyl halides is 3. The van der Waals surface area contributed by atoms with Crippen LogP contribution in [0.3, 0.4) is 0 Å². The molecule has 4 aromatic rings. The lowest BCUT2D eigenvalue weighted by Crippen LogP contribution is -2.47. The van der Waals surface area contributed by atoms with E-state index in [1.54, 1.807) is 18.7 Å². The van der Waals surface area contributed by atoms with E-state index >= 15 is 0 Å². The Labute approximate surface area is 244 Å². The van der Waals surface area contributed by atoms with Crippen LogP contribution in [0, 0.1) is 12.7 Å². The van der Waals surface area contributed by atoms with E-state index in [1.807, 2.05) is 18.2 Å². The summed E-state index contributed by atoms with van der Waals surface area (Å²) >= 11 is 0. The smallest absolute Gasteiger partial charge is 0.368 e. The zero-order valence-electron chi connectivity index (χ0n) is 22.7. The van der Waals surface area contributed by atoms with Crippen molar-refractivity contribution in [1.29, 1.82) is 0 Å². The molecule has 1 saturated heterocycles. The fraction of sp³-hybridized carbons (Fsp3) is 0.286. The van der Waals surface area contributed by atoms with Gasteiger partial charge in [-0.05, 0) is 30.7 Å². The van der Waals surface area contributed by atoms with Crippen molar-refractivity contribution in [2.24, 2.45) is 7.05 Å². The van der Waals surface area contributed by atoms with Gasteiger partial charge in [-0.2, -0.15) is 18.3 Å². The molecule has 0 spiro atoms. The third kappa shape index (κ3) is 6.47. The second-order valence-corrected chi connectivity index (χ2v) is 9.78. The van der Waals surface area contributed by atoms with Crippen molar-refractivity contribution in [2.45, 2.75) is 19.6 Å². The minimum absolute atomic E-state index is 0. The normalized spacial score (nSPS) is 14.0. The third-order valence-corrected chi connectivity index (χ3v) is 6.94. The predicted molar refractivity (Wildman–Crippen MR) is 152 cm³/mol. The Hall–Kier alpha value is -4.23. The van der Waals surface area contributed by atoms with Gasteiger partial charge in [-0.1, -0.05) is 30.3 Å². The van der Waals surface area contributed by atoms with Crippen LogP contribution in [0.4, 0.5) is 33.7 Å². The van der Waals surface area contributed by atoms with E-state index in [2.05, 4.69) is 42.6 Å². The molecule has 222 valence electrons. The number of nitrogens with one attached hydrogen (secondary N) is 2. The highest BCUT2D eigenvalue weighted by molar-refractivity contribution is 6.13. The highest BCUT2D eigenvalue weighted by Crippen LogP contribution is 2.34. The van der Waals surface area contributed by atoms with Gasteiger partial charge in [-0.15, -0.1) is 12.4 Å². The molecule has 3 heterocycles. The lowest BCUT2D eigenvalue weighted by Gasteiger charge is -2.37. The number of rotatable bonds is 5. The number of amides is 3. The molecule has 2 N–H and O–H groups in total. The summed E-state index contributed by atoms with van der Waals surface area (Å²) in [5.41, 5.74) is 1.26. The Bertz CT molecular complexity index is 1600. The van der Waals surface area contributed by atoms with Gasteiger partial charge in [-0.3, -0.25) is 19.7 Å². The number of hydrogen-bond acceptors (Lipinski definition) is 6. The van der Waals surface area contributed by atoms with Crippen LogP contribution in [-0.4, -0.2) is 57.8 Å². The number of anilines is 2. The van der Waals surface area contributed by atoms with Crippen LogP contribution in [0.25, 0.3) is 11.0 Å². The van der Waals surface area contributed by atoms with Gasteiger partial charge in [0, 0.05) is 51.7 Å². The van der Waals surface area contributed by atoms with Gasteiger partial charge in [-0.25, -0.2) is 14.2 Å². The summed E-state index contributed by atoms with van der Waals surface area (Å²) in [5, 5.41) is 9.45. The zero-order valence-corrected chi connectivity index (χ0v) is 23.5. The number of urea groups is 1.